The van der Waals surface area contributed by atoms with Gasteiger partial charge >= 0.3 is 0 Å². The summed E-state index contributed by atoms with van der Waals surface area (Å²) in [6, 6.07) is 24.0. The zero-order valence-corrected chi connectivity index (χ0v) is 17.9. The molecule has 0 atom stereocenters. The van der Waals surface area contributed by atoms with E-state index in [9.17, 15) is 0 Å². The van der Waals surface area contributed by atoms with Crippen molar-refractivity contribution < 1.29 is 9.47 Å². The fourth-order valence-electron chi connectivity index (χ4n) is 2.64. The predicted molar refractivity (Wildman–Crippen MR) is 125 cm³/mol. The van der Waals surface area contributed by atoms with Gasteiger partial charge in [0.2, 0.25) is 0 Å². The van der Waals surface area contributed by atoms with E-state index in [-0.39, 0.29) is 0 Å². The maximum atomic E-state index is 5.92. The van der Waals surface area contributed by atoms with E-state index in [1.54, 1.807) is 13.3 Å². The van der Waals surface area contributed by atoms with E-state index in [4.69, 9.17) is 15.2 Å². The molecule has 0 fully saturated rings. The smallest absolute Gasteiger partial charge is 0.180 e. The average molecular weight is 420 g/mol. The Labute approximate surface area is 181 Å². The summed E-state index contributed by atoms with van der Waals surface area (Å²) in [5.41, 5.74) is 10.3. The average Bonchev–Trinajstić information content (AvgIpc) is 2.78. The molecule has 5 nitrogen and oxygen atoms in total. The molecule has 3 aromatic rings. The summed E-state index contributed by atoms with van der Waals surface area (Å²) in [6.45, 7) is 2.54. The fourth-order valence-corrected chi connectivity index (χ4v) is 3.25. The molecule has 0 aliphatic rings. The second-order valence-corrected chi connectivity index (χ2v) is 7.64. The molecule has 0 aliphatic heterocycles. The molecule has 0 saturated heterocycles. The first-order valence-corrected chi connectivity index (χ1v) is 10.5. The molecule has 0 spiro atoms. The van der Waals surface area contributed by atoms with Crippen LogP contribution in [0.25, 0.3) is 0 Å². The molecule has 3 aromatic carbocycles. The molecule has 0 bridgehead atoms. The minimum atomic E-state index is 0.417. The summed E-state index contributed by atoms with van der Waals surface area (Å²) in [5.74, 6) is 2.07. The molecule has 0 amide bonds. The van der Waals surface area contributed by atoms with Crippen molar-refractivity contribution in [1.82, 2.24) is 0 Å². The molecule has 154 valence electrons. The first-order chi connectivity index (χ1) is 14.6. The van der Waals surface area contributed by atoms with Crippen molar-refractivity contribution in [3.8, 4) is 11.5 Å². The van der Waals surface area contributed by atoms with E-state index >= 15 is 0 Å². The van der Waals surface area contributed by atoms with Crippen LogP contribution >= 0.6 is 11.8 Å². The lowest BCUT2D eigenvalue weighted by molar-refractivity contribution is 0.284. The summed E-state index contributed by atoms with van der Waals surface area (Å²) in [4.78, 5) is 0. The van der Waals surface area contributed by atoms with Gasteiger partial charge in [0.05, 0.1) is 13.3 Å². The van der Waals surface area contributed by atoms with Crippen LogP contribution in [0.5, 0.6) is 11.5 Å². The molecular formula is C24H25N3O2S. The van der Waals surface area contributed by atoms with Gasteiger partial charge in [-0.1, -0.05) is 71.9 Å². The van der Waals surface area contributed by atoms with Gasteiger partial charge in [0.15, 0.2) is 16.7 Å². The van der Waals surface area contributed by atoms with Gasteiger partial charge in [0.25, 0.3) is 0 Å². The van der Waals surface area contributed by atoms with Crippen LogP contribution in [0.2, 0.25) is 0 Å². The summed E-state index contributed by atoms with van der Waals surface area (Å²) < 4.78 is 11.4. The first kappa shape index (κ1) is 21.5. The van der Waals surface area contributed by atoms with E-state index in [0.717, 1.165) is 16.9 Å². The SMILES string of the molecule is COc1cc(C=NN=C(N)SCc2ccccc2)ccc1OCc1ccc(C)cc1. The molecule has 0 heterocycles. The van der Waals surface area contributed by atoms with Gasteiger partial charge in [-0.3, -0.25) is 0 Å². The molecule has 30 heavy (non-hydrogen) atoms. The zero-order chi connectivity index (χ0) is 21.2. The van der Waals surface area contributed by atoms with Crippen LogP contribution in [0, 0.1) is 6.92 Å². The van der Waals surface area contributed by atoms with Crippen LogP contribution in [-0.2, 0) is 12.4 Å². The maximum Gasteiger partial charge on any atom is 0.180 e. The molecule has 6 heteroatoms. The maximum absolute atomic E-state index is 5.92. The van der Waals surface area contributed by atoms with Crippen LogP contribution in [0.15, 0.2) is 83.0 Å². The van der Waals surface area contributed by atoms with Crippen LogP contribution < -0.4 is 15.2 Å². The van der Waals surface area contributed by atoms with Crippen molar-refractivity contribution in [1.29, 1.82) is 0 Å². The molecule has 3 rings (SSSR count). The number of aryl methyl sites for hydroxylation is 1. The van der Waals surface area contributed by atoms with Gasteiger partial charge in [-0.15, -0.1) is 5.10 Å². The lowest BCUT2D eigenvalue weighted by Crippen LogP contribution is -2.06. The molecule has 0 aromatic heterocycles. The quantitative estimate of drug-likeness (QED) is 0.311. The van der Waals surface area contributed by atoms with E-state index in [2.05, 4.69) is 53.5 Å². The topological polar surface area (TPSA) is 69.2 Å². The second kappa shape index (κ2) is 11.1. The zero-order valence-electron chi connectivity index (χ0n) is 17.1. The van der Waals surface area contributed by atoms with Gasteiger partial charge in [0.1, 0.15) is 6.61 Å². The third-order valence-electron chi connectivity index (χ3n) is 4.30. The highest BCUT2D eigenvalue weighted by molar-refractivity contribution is 8.13. The molecule has 0 radical (unpaired) electrons. The number of hydrogen-bond donors (Lipinski definition) is 1. The number of hydrogen-bond acceptors (Lipinski definition) is 5. The molecule has 0 saturated carbocycles. The van der Waals surface area contributed by atoms with Crippen LogP contribution in [0.1, 0.15) is 22.3 Å². The summed E-state index contributed by atoms with van der Waals surface area (Å²) in [5, 5.41) is 8.55. The fraction of sp³-hybridized carbons (Fsp3) is 0.167. The van der Waals surface area contributed by atoms with Crippen LogP contribution in [0.3, 0.4) is 0 Å². The van der Waals surface area contributed by atoms with Crippen molar-refractivity contribution in [3.05, 3.63) is 95.1 Å². The molecule has 2 N–H and O–H groups in total. The molecule has 0 unspecified atom stereocenters. The van der Waals surface area contributed by atoms with E-state index < -0.39 is 0 Å². The van der Waals surface area contributed by atoms with Gasteiger partial charge in [-0.05, 0) is 41.8 Å². The van der Waals surface area contributed by atoms with Gasteiger partial charge in [0, 0.05) is 5.75 Å². The normalized spacial score (nSPS) is 11.6. The van der Waals surface area contributed by atoms with Gasteiger partial charge < -0.3 is 15.2 Å². The highest BCUT2D eigenvalue weighted by atomic mass is 32.2. The monoisotopic (exact) mass is 419 g/mol. The Morgan fingerprint density at radius 3 is 2.47 bits per heavy atom. The van der Waals surface area contributed by atoms with Crippen LogP contribution in [0.4, 0.5) is 0 Å². The number of benzene rings is 3. The highest BCUT2D eigenvalue weighted by Gasteiger charge is 2.06. The third-order valence-corrected chi connectivity index (χ3v) is 5.15. The number of ether oxygens (including phenoxy) is 2. The first-order valence-electron chi connectivity index (χ1n) is 9.53. The van der Waals surface area contributed by atoms with E-state index in [1.807, 2.05) is 36.4 Å². The highest BCUT2D eigenvalue weighted by Crippen LogP contribution is 2.28. The summed E-state index contributed by atoms with van der Waals surface area (Å²) in [7, 11) is 1.62. The number of nitrogens with zero attached hydrogens (tertiary/aromatic N) is 2. The minimum absolute atomic E-state index is 0.417. The Bertz CT molecular complexity index is 1000. The lowest BCUT2D eigenvalue weighted by Gasteiger charge is -2.11. The van der Waals surface area contributed by atoms with Crippen molar-refractivity contribution in [2.75, 3.05) is 7.11 Å². The largest absolute Gasteiger partial charge is 0.493 e. The van der Waals surface area contributed by atoms with Crippen molar-refractivity contribution in [3.63, 3.8) is 0 Å². The molecular weight excluding hydrogens is 394 g/mol. The predicted octanol–water partition coefficient (Wildman–Crippen LogP) is 5.16. The number of methoxy groups -OCH3 is 1. The lowest BCUT2D eigenvalue weighted by atomic mass is 10.2. The van der Waals surface area contributed by atoms with Crippen molar-refractivity contribution >= 4 is 23.1 Å². The Balaban J connectivity index is 1.57. The van der Waals surface area contributed by atoms with Crippen molar-refractivity contribution in [2.45, 2.75) is 19.3 Å². The van der Waals surface area contributed by atoms with E-state index in [1.165, 1.54) is 22.9 Å². The van der Waals surface area contributed by atoms with E-state index in [0.29, 0.717) is 23.3 Å². The van der Waals surface area contributed by atoms with Crippen LogP contribution in [-0.4, -0.2) is 18.5 Å². The standard InChI is InChI=1S/C24H25N3O2S/c1-18-8-10-19(11-9-18)16-29-22-13-12-21(14-23(22)28-2)15-26-27-24(25)30-17-20-6-4-3-5-7-20/h3-15H,16-17H2,1-2H3,(H2,25,27). The number of nitrogens with two attached hydrogens (primary N) is 1. The Morgan fingerprint density at radius 1 is 0.967 bits per heavy atom. The third kappa shape index (κ3) is 6.67. The summed E-state index contributed by atoms with van der Waals surface area (Å²) in [6.07, 6.45) is 1.64. The summed E-state index contributed by atoms with van der Waals surface area (Å²) >= 11 is 1.45. The minimum Gasteiger partial charge on any atom is -0.493 e. The van der Waals surface area contributed by atoms with Gasteiger partial charge in [-0.25, -0.2) is 0 Å². The van der Waals surface area contributed by atoms with Gasteiger partial charge in [-0.2, -0.15) is 5.10 Å². The number of amidine groups is 1. The number of rotatable bonds is 8. The number of thioether (sulfide) groups is 1. The molecule has 0 aliphatic carbocycles. The van der Waals surface area contributed by atoms with Crippen molar-refractivity contribution in [2.24, 2.45) is 15.9 Å². The Morgan fingerprint density at radius 2 is 1.73 bits per heavy atom. The second-order valence-electron chi connectivity index (χ2n) is 6.64. The Hall–Kier alpha value is -3.25. The Kier molecular flexibility index (Phi) is 7.92.